The molecule has 0 unspecified atom stereocenters. The predicted molar refractivity (Wildman–Crippen MR) is 86.8 cm³/mol. The number of hydrogen-bond acceptors (Lipinski definition) is 3. The third kappa shape index (κ3) is 3.85. The summed E-state index contributed by atoms with van der Waals surface area (Å²) in [4.78, 5) is 29.9. The van der Waals surface area contributed by atoms with Gasteiger partial charge in [0.1, 0.15) is 0 Å². The number of nitrogens with one attached hydrogen (secondary N) is 2. The highest BCUT2D eigenvalue weighted by Gasteiger charge is 2.31. The van der Waals surface area contributed by atoms with Crippen molar-refractivity contribution in [3.05, 3.63) is 60.4 Å². The molecule has 0 spiro atoms. The largest absolute Gasteiger partial charge is 0.333 e. The molecule has 118 valence electrons. The Bertz CT molecular complexity index is 676. The average Bonchev–Trinajstić information content (AvgIpc) is 2.95. The zero-order chi connectivity index (χ0) is 16.1. The van der Waals surface area contributed by atoms with Gasteiger partial charge in [0.15, 0.2) is 0 Å². The standard InChI is InChI=1S/C17H18N4O2/c22-16-10-14(12-21(16)15-7-2-1-3-8-15)20-17(23)19-11-13-6-4-5-9-18-13/h1-9,14H,10-12H2,(H2,19,20,23)/t14-/m0/s1. The fourth-order valence-electron chi connectivity index (χ4n) is 2.57. The number of aromatic nitrogens is 1. The highest BCUT2D eigenvalue weighted by Crippen LogP contribution is 2.20. The van der Waals surface area contributed by atoms with Crippen LogP contribution in [0.5, 0.6) is 0 Å². The minimum atomic E-state index is -0.289. The van der Waals surface area contributed by atoms with Gasteiger partial charge in [0, 0.05) is 24.8 Å². The first-order chi connectivity index (χ1) is 11.2. The van der Waals surface area contributed by atoms with Crippen molar-refractivity contribution in [2.75, 3.05) is 11.4 Å². The predicted octanol–water partition coefficient (Wildman–Crippen LogP) is 1.69. The van der Waals surface area contributed by atoms with Gasteiger partial charge in [0.2, 0.25) is 5.91 Å². The quantitative estimate of drug-likeness (QED) is 0.902. The molecule has 23 heavy (non-hydrogen) atoms. The highest BCUT2D eigenvalue weighted by molar-refractivity contribution is 5.96. The maximum atomic E-state index is 12.1. The van der Waals surface area contributed by atoms with Crippen molar-refractivity contribution in [2.24, 2.45) is 0 Å². The number of benzene rings is 1. The van der Waals surface area contributed by atoms with Gasteiger partial charge >= 0.3 is 6.03 Å². The maximum absolute atomic E-state index is 12.1. The molecule has 6 heteroatoms. The molecule has 1 aliphatic rings. The molecule has 0 saturated carbocycles. The number of carbonyl (C=O) groups excluding carboxylic acids is 2. The molecule has 3 rings (SSSR count). The number of anilines is 1. The number of amides is 3. The molecule has 2 N–H and O–H groups in total. The van der Waals surface area contributed by atoms with Crippen LogP contribution in [-0.4, -0.2) is 29.5 Å². The van der Waals surface area contributed by atoms with E-state index >= 15 is 0 Å². The summed E-state index contributed by atoms with van der Waals surface area (Å²) >= 11 is 0. The minimum absolute atomic E-state index is 0.0197. The smallest absolute Gasteiger partial charge is 0.315 e. The normalized spacial score (nSPS) is 17.1. The second kappa shape index (κ2) is 6.91. The summed E-state index contributed by atoms with van der Waals surface area (Å²) in [6.07, 6.45) is 1.99. The lowest BCUT2D eigenvalue weighted by atomic mass is 10.2. The molecular weight excluding hydrogens is 292 g/mol. The van der Waals surface area contributed by atoms with Crippen LogP contribution in [0.25, 0.3) is 0 Å². The lowest BCUT2D eigenvalue weighted by molar-refractivity contribution is -0.117. The first-order valence-corrected chi connectivity index (χ1v) is 7.52. The first kappa shape index (κ1) is 15.0. The van der Waals surface area contributed by atoms with E-state index in [4.69, 9.17) is 0 Å². The van der Waals surface area contributed by atoms with E-state index in [1.165, 1.54) is 0 Å². The summed E-state index contributed by atoms with van der Waals surface area (Å²) in [5.41, 5.74) is 1.65. The zero-order valence-electron chi connectivity index (χ0n) is 12.6. The SMILES string of the molecule is O=C(NCc1ccccn1)N[C@H]1CC(=O)N(c2ccccc2)C1. The Kier molecular flexibility index (Phi) is 4.52. The third-order valence-electron chi connectivity index (χ3n) is 3.68. The Morgan fingerprint density at radius 1 is 1.17 bits per heavy atom. The van der Waals surface area contributed by atoms with Crippen LogP contribution in [0.4, 0.5) is 10.5 Å². The van der Waals surface area contributed by atoms with Crippen LogP contribution in [0.2, 0.25) is 0 Å². The zero-order valence-corrected chi connectivity index (χ0v) is 12.6. The fourth-order valence-corrected chi connectivity index (χ4v) is 2.57. The van der Waals surface area contributed by atoms with E-state index in [2.05, 4.69) is 15.6 Å². The van der Waals surface area contributed by atoms with Crippen molar-refractivity contribution >= 4 is 17.6 Å². The van der Waals surface area contributed by atoms with Crippen molar-refractivity contribution in [2.45, 2.75) is 19.0 Å². The number of urea groups is 1. The summed E-state index contributed by atoms with van der Waals surface area (Å²) in [5.74, 6) is 0.0197. The molecule has 1 saturated heterocycles. The Balaban J connectivity index is 1.51. The monoisotopic (exact) mass is 310 g/mol. The molecule has 1 atom stereocenters. The van der Waals surface area contributed by atoms with Gasteiger partial charge in [-0.2, -0.15) is 0 Å². The average molecular weight is 310 g/mol. The second-order valence-electron chi connectivity index (χ2n) is 5.39. The van der Waals surface area contributed by atoms with Gasteiger partial charge < -0.3 is 15.5 Å². The topological polar surface area (TPSA) is 74.3 Å². The molecule has 2 aromatic rings. The second-order valence-corrected chi connectivity index (χ2v) is 5.39. The molecule has 0 aliphatic carbocycles. The number of hydrogen-bond donors (Lipinski definition) is 2. The van der Waals surface area contributed by atoms with Gasteiger partial charge in [0.05, 0.1) is 18.3 Å². The van der Waals surface area contributed by atoms with Gasteiger partial charge in [-0.15, -0.1) is 0 Å². The Morgan fingerprint density at radius 3 is 2.70 bits per heavy atom. The van der Waals surface area contributed by atoms with Crippen LogP contribution in [0.1, 0.15) is 12.1 Å². The van der Waals surface area contributed by atoms with Gasteiger partial charge in [-0.1, -0.05) is 24.3 Å². The summed E-state index contributed by atoms with van der Waals surface area (Å²) in [6.45, 7) is 0.843. The molecule has 3 amide bonds. The Morgan fingerprint density at radius 2 is 1.96 bits per heavy atom. The molecule has 2 heterocycles. The van der Waals surface area contributed by atoms with Crippen molar-refractivity contribution in [3.63, 3.8) is 0 Å². The molecule has 1 aromatic heterocycles. The van der Waals surface area contributed by atoms with Crippen LogP contribution in [0.15, 0.2) is 54.7 Å². The molecule has 6 nitrogen and oxygen atoms in total. The number of pyridine rings is 1. The van der Waals surface area contributed by atoms with Gasteiger partial charge in [-0.05, 0) is 24.3 Å². The number of rotatable bonds is 4. The minimum Gasteiger partial charge on any atom is -0.333 e. The maximum Gasteiger partial charge on any atom is 0.315 e. The van der Waals surface area contributed by atoms with E-state index < -0.39 is 0 Å². The van der Waals surface area contributed by atoms with E-state index in [1.807, 2.05) is 48.5 Å². The van der Waals surface area contributed by atoms with Crippen molar-refractivity contribution in [3.8, 4) is 0 Å². The Hall–Kier alpha value is -2.89. The van der Waals surface area contributed by atoms with E-state index in [1.54, 1.807) is 11.1 Å². The molecule has 0 radical (unpaired) electrons. The summed E-state index contributed by atoms with van der Waals surface area (Å²) in [7, 11) is 0. The van der Waals surface area contributed by atoms with E-state index in [-0.39, 0.29) is 18.0 Å². The lowest BCUT2D eigenvalue weighted by Gasteiger charge is -2.17. The van der Waals surface area contributed by atoms with Crippen LogP contribution >= 0.6 is 0 Å². The van der Waals surface area contributed by atoms with Crippen molar-refractivity contribution in [1.82, 2.24) is 15.6 Å². The molecular formula is C17H18N4O2. The van der Waals surface area contributed by atoms with E-state index in [9.17, 15) is 9.59 Å². The van der Waals surface area contributed by atoms with E-state index in [0.717, 1.165) is 11.4 Å². The third-order valence-corrected chi connectivity index (χ3v) is 3.68. The van der Waals surface area contributed by atoms with Crippen LogP contribution in [0.3, 0.4) is 0 Å². The van der Waals surface area contributed by atoms with Gasteiger partial charge in [-0.3, -0.25) is 9.78 Å². The van der Waals surface area contributed by atoms with Crippen molar-refractivity contribution in [1.29, 1.82) is 0 Å². The van der Waals surface area contributed by atoms with Crippen LogP contribution in [0, 0.1) is 0 Å². The van der Waals surface area contributed by atoms with Crippen molar-refractivity contribution < 1.29 is 9.59 Å². The molecule has 1 aliphatic heterocycles. The van der Waals surface area contributed by atoms with Gasteiger partial charge in [-0.25, -0.2) is 4.79 Å². The first-order valence-electron chi connectivity index (χ1n) is 7.52. The van der Waals surface area contributed by atoms with Crippen LogP contribution in [-0.2, 0) is 11.3 Å². The molecule has 1 fully saturated rings. The van der Waals surface area contributed by atoms with Crippen LogP contribution < -0.4 is 15.5 Å². The molecule has 0 bridgehead atoms. The number of para-hydroxylation sites is 1. The van der Waals surface area contributed by atoms with Gasteiger partial charge in [0.25, 0.3) is 0 Å². The van der Waals surface area contributed by atoms with E-state index in [0.29, 0.717) is 19.5 Å². The fraction of sp³-hybridized carbons (Fsp3) is 0.235. The number of nitrogens with zero attached hydrogens (tertiary/aromatic N) is 2. The highest BCUT2D eigenvalue weighted by atomic mass is 16.2. The summed E-state index contributed by atoms with van der Waals surface area (Å²) in [5, 5.41) is 5.59. The Labute approximate surface area is 134 Å². The molecule has 1 aromatic carbocycles. The lowest BCUT2D eigenvalue weighted by Crippen LogP contribution is -2.43. The summed E-state index contributed by atoms with van der Waals surface area (Å²) < 4.78 is 0. The number of carbonyl (C=O) groups is 2. The summed E-state index contributed by atoms with van der Waals surface area (Å²) in [6, 6.07) is 14.5.